The minimum atomic E-state index is -0.0254. The summed E-state index contributed by atoms with van der Waals surface area (Å²) in [5, 5.41) is 9.82. The van der Waals surface area contributed by atoms with Crippen LogP contribution in [-0.2, 0) is 4.74 Å². The van der Waals surface area contributed by atoms with Gasteiger partial charge in [0.25, 0.3) is 0 Å². The Labute approximate surface area is 123 Å². The van der Waals surface area contributed by atoms with Gasteiger partial charge < -0.3 is 9.84 Å². The summed E-state index contributed by atoms with van der Waals surface area (Å²) in [4.78, 5) is 0. The fraction of sp³-hybridized carbons (Fsp3) is 1.00. The zero-order valence-electron chi connectivity index (χ0n) is 13.3. The maximum absolute atomic E-state index is 9.82. The van der Waals surface area contributed by atoms with E-state index in [1.165, 1.54) is 32.1 Å². The number of fused-ring (bicyclic) bond motifs is 2. The topological polar surface area (TPSA) is 32.8 Å². The van der Waals surface area contributed by atoms with Crippen molar-refractivity contribution in [2.24, 2.45) is 28.6 Å². The molecule has 1 heterocycles. The van der Waals surface area contributed by atoms with Gasteiger partial charge in [0.15, 0.2) is 0 Å². The molecule has 4 rings (SSSR count). The van der Waals surface area contributed by atoms with Gasteiger partial charge >= 0.3 is 0 Å². The molecule has 20 heavy (non-hydrogen) atoms. The molecule has 0 aromatic rings. The van der Waals surface area contributed by atoms with Crippen molar-refractivity contribution in [2.75, 3.05) is 0 Å². The smallest absolute Gasteiger partial charge is 0.0845 e. The molecule has 0 spiro atoms. The minimum absolute atomic E-state index is 0.0254. The lowest BCUT2D eigenvalue weighted by Crippen LogP contribution is -2.39. The molecule has 5 atom stereocenters. The third kappa shape index (κ3) is 1.90. The van der Waals surface area contributed by atoms with E-state index in [0.717, 1.165) is 30.6 Å². The van der Waals surface area contributed by atoms with Crippen molar-refractivity contribution < 1.29 is 9.84 Å². The molecule has 114 valence electrons. The summed E-state index contributed by atoms with van der Waals surface area (Å²) in [6.45, 7) is 7.57. The largest absolute Gasteiger partial charge is 0.393 e. The number of epoxide rings is 1. The number of hydrogen-bond donors (Lipinski definition) is 1. The Hall–Kier alpha value is -0.0800. The average Bonchev–Trinajstić information content (AvgIpc) is 3.11. The summed E-state index contributed by atoms with van der Waals surface area (Å²) in [5.41, 5.74) is 0.970. The van der Waals surface area contributed by atoms with E-state index in [9.17, 15) is 5.11 Å². The molecule has 2 heteroatoms. The van der Waals surface area contributed by atoms with Crippen LogP contribution in [0.2, 0.25) is 0 Å². The van der Waals surface area contributed by atoms with Crippen molar-refractivity contribution in [3.05, 3.63) is 0 Å². The van der Waals surface area contributed by atoms with Gasteiger partial charge in [0.1, 0.15) is 0 Å². The predicted octanol–water partition coefficient (Wildman–Crippen LogP) is 3.77. The number of hydrogen-bond acceptors (Lipinski definition) is 2. The molecule has 0 bridgehead atoms. The van der Waals surface area contributed by atoms with Gasteiger partial charge in [-0.3, -0.25) is 0 Å². The van der Waals surface area contributed by atoms with Gasteiger partial charge in [0.2, 0.25) is 0 Å². The summed E-state index contributed by atoms with van der Waals surface area (Å²) < 4.78 is 5.87. The first-order chi connectivity index (χ1) is 9.40. The van der Waals surface area contributed by atoms with Crippen molar-refractivity contribution in [1.82, 2.24) is 0 Å². The van der Waals surface area contributed by atoms with Crippen LogP contribution in [0.25, 0.3) is 0 Å². The molecule has 4 aliphatic rings. The molecule has 1 N–H and O–H groups in total. The highest BCUT2D eigenvalue weighted by atomic mass is 16.6. The van der Waals surface area contributed by atoms with Crippen LogP contribution in [0.1, 0.15) is 65.7 Å². The first kappa shape index (κ1) is 13.6. The van der Waals surface area contributed by atoms with Crippen LogP contribution in [0, 0.1) is 28.6 Å². The van der Waals surface area contributed by atoms with Crippen molar-refractivity contribution >= 4 is 0 Å². The maximum Gasteiger partial charge on any atom is 0.0845 e. The van der Waals surface area contributed by atoms with E-state index in [1.807, 2.05) is 0 Å². The molecule has 0 radical (unpaired) electrons. The maximum atomic E-state index is 9.82. The fourth-order valence-corrected chi connectivity index (χ4v) is 6.44. The highest BCUT2D eigenvalue weighted by Crippen LogP contribution is 2.67. The molecule has 2 nitrogen and oxygen atoms in total. The van der Waals surface area contributed by atoms with Gasteiger partial charge in [0, 0.05) is 0 Å². The van der Waals surface area contributed by atoms with Crippen LogP contribution in [0.3, 0.4) is 0 Å². The van der Waals surface area contributed by atoms with Gasteiger partial charge in [-0.2, -0.15) is 0 Å². The number of aliphatic hydroxyl groups is 1. The monoisotopic (exact) mass is 278 g/mol. The Kier molecular flexibility index (Phi) is 2.87. The minimum Gasteiger partial charge on any atom is -0.393 e. The molecule has 0 aromatic heterocycles. The lowest BCUT2D eigenvalue weighted by molar-refractivity contribution is 0.0223. The highest BCUT2D eigenvalue weighted by Gasteiger charge is 2.63. The Balaban J connectivity index is 1.60. The van der Waals surface area contributed by atoms with E-state index in [1.54, 1.807) is 0 Å². The molecule has 0 amide bonds. The molecule has 3 saturated carbocycles. The van der Waals surface area contributed by atoms with Crippen LogP contribution < -0.4 is 0 Å². The quantitative estimate of drug-likeness (QED) is 0.741. The summed E-state index contributed by atoms with van der Waals surface area (Å²) in [5.74, 6) is 2.56. The summed E-state index contributed by atoms with van der Waals surface area (Å²) in [7, 11) is 0. The molecular weight excluding hydrogens is 248 g/mol. The second-order valence-corrected chi connectivity index (χ2v) is 9.07. The van der Waals surface area contributed by atoms with Crippen molar-refractivity contribution in [2.45, 2.75) is 84.0 Å². The number of rotatable bonds is 1. The Morgan fingerprint density at radius 1 is 0.900 bits per heavy atom. The van der Waals surface area contributed by atoms with Crippen LogP contribution in [0.15, 0.2) is 0 Å². The van der Waals surface area contributed by atoms with Crippen LogP contribution in [0.5, 0.6) is 0 Å². The predicted molar refractivity (Wildman–Crippen MR) is 79.3 cm³/mol. The summed E-state index contributed by atoms with van der Waals surface area (Å²) in [6.07, 6.45) is 9.73. The average molecular weight is 278 g/mol. The van der Waals surface area contributed by atoms with Gasteiger partial charge in [-0.05, 0) is 73.5 Å². The third-order valence-corrected chi connectivity index (χ3v) is 7.46. The summed E-state index contributed by atoms with van der Waals surface area (Å²) in [6, 6.07) is 0. The highest BCUT2D eigenvalue weighted by molar-refractivity contribution is 5.11. The Morgan fingerprint density at radius 2 is 1.50 bits per heavy atom. The van der Waals surface area contributed by atoms with Gasteiger partial charge in [-0.1, -0.05) is 20.8 Å². The van der Waals surface area contributed by atoms with Gasteiger partial charge in [0.05, 0.1) is 18.3 Å². The molecule has 0 aromatic carbocycles. The second kappa shape index (κ2) is 4.23. The van der Waals surface area contributed by atoms with Gasteiger partial charge in [-0.25, -0.2) is 0 Å². The number of ether oxygens (including phenoxy) is 1. The van der Waals surface area contributed by atoms with Crippen molar-refractivity contribution in [3.63, 3.8) is 0 Å². The molecule has 4 fully saturated rings. The normalized spacial score (nSPS) is 57.0. The third-order valence-electron chi connectivity index (χ3n) is 7.46. The van der Waals surface area contributed by atoms with Crippen LogP contribution >= 0.6 is 0 Å². The lowest BCUT2D eigenvalue weighted by Gasteiger charge is -2.44. The second-order valence-electron chi connectivity index (χ2n) is 9.07. The lowest BCUT2D eigenvalue weighted by atomic mass is 9.61. The molecule has 1 saturated heterocycles. The summed E-state index contributed by atoms with van der Waals surface area (Å²) >= 11 is 0. The Morgan fingerprint density at radius 3 is 2.15 bits per heavy atom. The molecular formula is C18H30O2. The van der Waals surface area contributed by atoms with Gasteiger partial charge in [-0.15, -0.1) is 0 Å². The van der Waals surface area contributed by atoms with Crippen molar-refractivity contribution in [1.29, 1.82) is 0 Å². The van der Waals surface area contributed by atoms with E-state index >= 15 is 0 Å². The zero-order valence-corrected chi connectivity index (χ0v) is 13.3. The van der Waals surface area contributed by atoms with E-state index in [4.69, 9.17) is 4.74 Å². The van der Waals surface area contributed by atoms with Crippen LogP contribution in [-0.4, -0.2) is 23.4 Å². The Bertz CT molecular complexity index is 396. The van der Waals surface area contributed by atoms with Crippen LogP contribution in [0.4, 0.5) is 0 Å². The first-order valence-electron chi connectivity index (χ1n) is 8.74. The molecule has 1 aliphatic heterocycles. The van der Waals surface area contributed by atoms with E-state index < -0.39 is 0 Å². The molecule has 5 unspecified atom stereocenters. The molecule has 3 aliphatic carbocycles. The zero-order chi connectivity index (χ0) is 14.1. The van der Waals surface area contributed by atoms with E-state index in [0.29, 0.717) is 23.0 Å². The number of aliphatic hydroxyl groups excluding tert-OH is 1. The van der Waals surface area contributed by atoms with Crippen molar-refractivity contribution in [3.8, 4) is 0 Å². The standard InChI is InChI=1S/C18H30O2/c1-17(2)10-18(3,11-4-6-12(19)7-5-11)14-9-16-15(20-16)8-13(14)17/h11-16,19H,4-10H2,1-3H3. The first-order valence-corrected chi connectivity index (χ1v) is 8.74. The van der Waals surface area contributed by atoms with E-state index in [-0.39, 0.29) is 6.10 Å². The van der Waals surface area contributed by atoms with E-state index in [2.05, 4.69) is 20.8 Å². The fourth-order valence-electron chi connectivity index (χ4n) is 6.44. The SMILES string of the molecule is CC1(C)CC(C)(C2CCC(O)CC2)C2CC3OC3CC21.